The fraction of sp³-hybridized carbons (Fsp3) is 0.917. The summed E-state index contributed by atoms with van der Waals surface area (Å²) >= 11 is 0. The van der Waals surface area contributed by atoms with Gasteiger partial charge in [-0.15, -0.1) is 0 Å². The van der Waals surface area contributed by atoms with Crippen LogP contribution in [0.1, 0.15) is 26.2 Å². The maximum absolute atomic E-state index is 11.0. The highest BCUT2D eigenvalue weighted by Gasteiger charge is 2.39. The van der Waals surface area contributed by atoms with Crippen molar-refractivity contribution in [2.45, 2.75) is 32.2 Å². The van der Waals surface area contributed by atoms with Crippen LogP contribution >= 0.6 is 0 Å². The quantitative estimate of drug-likeness (QED) is 0.709. The number of nitrogens with zero attached hydrogens (tertiary/aromatic N) is 2. The lowest BCUT2D eigenvalue weighted by Gasteiger charge is -2.42. The summed E-state index contributed by atoms with van der Waals surface area (Å²) in [6, 6.07) is 0.282. The third-order valence-corrected chi connectivity index (χ3v) is 3.48. The first-order valence-electron chi connectivity index (χ1n) is 6.17. The van der Waals surface area contributed by atoms with Crippen molar-refractivity contribution in [1.82, 2.24) is 9.80 Å². The first-order chi connectivity index (χ1) is 7.56. The average molecular weight is 228 g/mol. The summed E-state index contributed by atoms with van der Waals surface area (Å²) in [6.45, 7) is 5.17. The van der Waals surface area contributed by atoms with E-state index < -0.39 is 5.97 Å². The second-order valence-corrected chi connectivity index (χ2v) is 4.87. The first kappa shape index (κ1) is 13.5. The van der Waals surface area contributed by atoms with Crippen molar-refractivity contribution in [3.8, 4) is 0 Å². The normalized spacial score (nSPS) is 24.8. The van der Waals surface area contributed by atoms with Crippen LogP contribution in [0.15, 0.2) is 0 Å². The Bertz CT molecular complexity index is 231. The summed E-state index contributed by atoms with van der Waals surface area (Å²) in [5.41, 5.74) is 0. The van der Waals surface area contributed by atoms with Crippen molar-refractivity contribution in [3.63, 3.8) is 0 Å². The molecular weight excluding hydrogens is 204 g/mol. The highest BCUT2D eigenvalue weighted by Crippen LogP contribution is 2.32. The molecule has 0 aromatic carbocycles. The van der Waals surface area contributed by atoms with Crippen molar-refractivity contribution in [3.05, 3.63) is 0 Å². The molecule has 0 bridgehead atoms. The molecule has 2 atom stereocenters. The van der Waals surface area contributed by atoms with Gasteiger partial charge in [0, 0.05) is 6.04 Å². The van der Waals surface area contributed by atoms with Gasteiger partial charge in [0.05, 0.1) is 5.92 Å². The Hall–Kier alpha value is -0.610. The number of hydrogen-bond acceptors (Lipinski definition) is 3. The Kier molecular flexibility index (Phi) is 5.22. The second-order valence-electron chi connectivity index (χ2n) is 4.87. The number of aliphatic carboxylic acids is 1. The van der Waals surface area contributed by atoms with Crippen molar-refractivity contribution in [2.75, 3.05) is 33.7 Å². The molecule has 0 aromatic heterocycles. The van der Waals surface area contributed by atoms with Gasteiger partial charge in [0.15, 0.2) is 0 Å². The van der Waals surface area contributed by atoms with Gasteiger partial charge in [0.1, 0.15) is 0 Å². The molecule has 0 spiro atoms. The monoisotopic (exact) mass is 228 g/mol. The Morgan fingerprint density at radius 2 is 2.00 bits per heavy atom. The number of carbonyl (C=O) groups is 1. The molecule has 0 aliphatic heterocycles. The lowest BCUT2D eigenvalue weighted by molar-refractivity contribution is -0.148. The van der Waals surface area contributed by atoms with E-state index >= 15 is 0 Å². The Balaban J connectivity index is 2.33. The van der Waals surface area contributed by atoms with Crippen LogP contribution < -0.4 is 0 Å². The smallest absolute Gasteiger partial charge is 0.308 e. The van der Waals surface area contributed by atoms with Crippen molar-refractivity contribution >= 4 is 5.97 Å². The topological polar surface area (TPSA) is 43.8 Å². The predicted molar refractivity (Wildman–Crippen MR) is 64.6 cm³/mol. The zero-order valence-electron chi connectivity index (χ0n) is 10.6. The number of rotatable bonds is 7. The molecule has 0 aromatic rings. The molecule has 4 nitrogen and oxygen atoms in total. The minimum atomic E-state index is -0.623. The number of carboxylic acid groups (broad SMARTS) is 1. The van der Waals surface area contributed by atoms with Crippen molar-refractivity contribution in [2.24, 2.45) is 5.92 Å². The summed E-state index contributed by atoms with van der Waals surface area (Å²) in [5.74, 6) is -0.749. The minimum Gasteiger partial charge on any atom is -0.481 e. The number of carboxylic acids is 1. The second kappa shape index (κ2) is 6.21. The summed E-state index contributed by atoms with van der Waals surface area (Å²) < 4.78 is 0. The van der Waals surface area contributed by atoms with E-state index in [0.29, 0.717) is 0 Å². The fourth-order valence-electron chi connectivity index (χ4n) is 2.36. The van der Waals surface area contributed by atoms with Crippen LogP contribution in [0.3, 0.4) is 0 Å². The number of hydrogen-bond donors (Lipinski definition) is 1. The van der Waals surface area contributed by atoms with Crippen LogP contribution in [0.4, 0.5) is 0 Å². The Labute approximate surface area is 98.2 Å². The Morgan fingerprint density at radius 1 is 1.31 bits per heavy atom. The highest BCUT2D eigenvalue weighted by atomic mass is 16.4. The third kappa shape index (κ3) is 3.46. The Morgan fingerprint density at radius 3 is 2.38 bits per heavy atom. The molecule has 1 aliphatic carbocycles. The van der Waals surface area contributed by atoms with E-state index in [4.69, 9.17) is 5.11 Å². The lowest BCUT2D eigenvalue weighted by Crippen LogP contribution is -2.50. The van der Waals surface area contributed by atoms with Gasteiger partial charge in [0.2, 0.25) is 0 Å². The minimum absolute atomic E-state index is 0.126. The summed E-state index contributed by atoms with van der Waals surface area (Å²) in [5, 5.41) is 9.03. The first-order valence-corrected chi connectivity index (χ1v) is 6.17. The van der Waals surface area contributed by atoms with Gasteiger partial charge in [-0.25, -0.2) is 0 Å². The molecule has 0 amide bonds. The maximum atomic E-state index is 11.0. The van der Waals surface area contributed by atoms with E-state index in [2.05, 4.69) is 30.8 Å². The van der Waals surface area contributed by atoms with Crippen LogP contribution in [0, 0.1) is 5.92 Å². The largest absolute Gasteiger partial charge is 0.481 e. The van der Waals surface area contributed by atoms with Crippen LogP contribution in [-0.4, -0.2) is 60.6 Å². The van der Waals surface area contributed by atoms with E-state index in [0.717, 1.165) is 38.9 Å². The molecule has 1 saturated carbocycles. The molecule has 1 aliphatic rings. The molecule has 2 unspecified atom stereocenters. The average Bonchev–Trinajstić information content (AvgIpc) is 2.12. The van der Waals surface area contributed by atoms with Gasteiger partial charge in [-0.05, 0) is 53.0 Å². The molecule has 4 heteroatoms. The van der Waals surface area contributed by atoms with Crippen LogP contribution in [-0.2, 0) is 4.79 Å². The van der Waals surface area contributed by atoms with Gasteiger partial charge < -0.3 is 10.0 Å². The highest BCUT2D eigenvalue weighted by molar-refractivity contribution is 5.72. The van der Waals surface area contributed by atoms with Gasteiger partial charge >= 0.3 is 5.97 Å². The molecule has 1 fully saturated rings. The van der Waals surface area contributed by atoms with Crippen LogP contribution in [0.2, 0.25) is 0 Å². The zero-order valence-corrected chi connectivity index (χ0v) is 10.6. The zero-order chi connectivity index (χ0) is 12.1. The molecule has 0 radical (unpaired) electrons. The SMILES string of the molecule is CCN(CCCN(C)C)C1CCC1C(=O)O. The molecule has 0 saturated heterocycles. The van der Waals surface area contributed by atoms with Gasteiger partial charge in [-0.3, -0.25) is 9.69 Å². The van der Waals surface area contributed by atoms with E-state index in [1.165, 1.54) is 0 Å². The fourth-order valence-corrected chi connectivity index (χ4v) is 2.36. The molecular formula is C12H24N2O2. The standard InChI is InChI=1S/C12H24N2O2/c1-4-14(9-5-8-13(2)3)11-7-6-10(11)12(15)16/h10-11H,4-9H2,1-3H3,(H,15,16). The van der Waals surface area contributed by atoms with E-state index in [1.807, 2.05) is 0 Å². The van der Waals surface area contributed by atoms with Gasteiger partial charge in [-0.1, -0.05) is 6.92 Å². The molecule has 1 N–H and O–H groups in total. The molecule has 1 rings (SSSR count). The van der Waals surface area contributed by atoms with Crippen LogP contribution in [0.25, 0.3) is 0 Å². The summed E-state index contributed by atoms with van der Waals surface area (Å²) in [6.07, 6.45) is 3.01. The lowest BCUT2D eigenvalue weighted by atomic mass is 9.78. The van der Waals surface area contributed by atoms with E-state index in [-0.39, 0.29) is 12.0 Å². The van der Waals surface area contributed by atoms with Crippen LogP contribution in [0.5, 0.6) is 0 Å². The van der Waals surface area contributed by atoms with Gasteiger partial charge in [0.25, 0.3) is 0 Å². The predicted octanol–water partition coefficient (Wildman–Crippen LogP) is 1.12. The van der Waals surface area contributed by atoms with Gasteiger partial charge in [-0.2, -0.15) is 0 Å². The molecule has 94 valence electrons. The third-order valence-electron chi connectivity index (χ3n) is 3.48. The molecule has 0 heterocycles. The molecule has 16 heavy (non-hydrogen) atoms. The van der Waals surface area contributed by atoms with E-state index in [1.54, 1.807) is 0 Å². The summed E-state index contributed by atoms with van der Waals surface area (Å²) in [7, 11) is 4.14. The van der Waals surface area contributed by atoms with Crippen molar-refractivity contribution in [1.29, 1.82) is 0 Å². The summed E-state index contributed by atoms with van der Waals surface area (Å²) in [4.78, 5) is 15.5. The van der Waals surface area contributed by atoms with Crippen molar-refractivity contribution < 1.29 is 9.90 Å². The maximum Gasteiger partial charge on any atom is 0.308 e. The van der Waals surface area contributed by atoms with E-state index in [9.17, 15) is 4.79 Å².